The van der Waals surface area contributed by atoms with Gasteiger partial charge in [-0.1, -0.05) is 29.3 Å². The van der Waals surface area contributed by atoms with Crippen molar-refractivity contribution in [2.24, 2.45) is 0 Å². The molecule has 0 aliphatic carbocycles. The SMILES string of the molecule is O=C(O)CCc1csc(-c2ccc(Cl)c(Cl)c2)n1. The van der Waals surface area contributed by atoms with E-state index in [1.165, 1.54) is 11.3 Å². The summed E-state index contributed by atoms with van der Waals surface area (Å²) >= 11 is 13.2. The van der Waals surface area contributed by atoms with Crippen molar-refractivity contribution >= 4 is 40.5 Å². The Morgan fingerprint density at radius 3 is 2.78 bits per heavy atom. The van der Waals surface area contributed by atoms with E-state index in [9.17, 15) is 4.79 Å². The molecule has 1 aromatic carbocycles. The summed E-state index contributed by atoms with van der Waals surface area (Å²) in [6, 6.07) is 5.31. The third-order valence-electron chi connectivity index (χ3n) is 2.31. The van der Waals surface area contributed by atoms with E-state index in [0.717, 1.165) is 16.3 Å². The summed E-state index contributed by atoms with van der Waals surface area (Å²) in [5, 5.41) is 12.3. The van der Waals surface area contributed by atoms with Crippen molar-refractivity contribution in [2.45, 2.75) is 12.8 Å². The number of hydrogen-bond donors (Lipinski definition) is 1. The summed E-state index contributed by atoms with van der Waals surface area (Å²) in [5.41, 5.74) is 1.67. The van der Waals surface area contributed by atoms with Crippen molar-refractivity contribution in [3.05, 3.63) is 39.3 Å². The summed E-state index contributed by atoms with van der Waals surface area (Å²) in [6.45, 7) is 0. The molecule has 94 valence electrons. The van der Waals surface area contributed by atoms with Gasteiger partial charge in [0.2, 0.25) is 0 Å². The van der Waals surface area contributed by atoms with Crippen LogP contribution in [0.1, 0.15) is 12.1 Å². The summed E-state index contributed by atoms with van der Waals surface area (Å²) in [4.78, 5) is 14.9. The van der Waals surface area contributed by atoms with Gasteiger partial charge in [0.05, 0.1) is 22.2 Å². The lowest BCUT2D eigenvalue weighted by Crippen LogP contribution is -1.97. The number of aliphatic carboxylic acids is 1. The molecule has 0 unspecified atom stereocenters. The van der Waals surface area contributed by atoms with Crippen LogP contribution in [0.25, 0.3) is 10.6 Å². The van der Waals surface area contributed by atoms with E-state index in [1.807, 2.05) is 11.4 Å². The van der Waals surface area contributed by atoms with Crippen molar-refractivity contribution < 1.29 is 9.90 Å². The standard InChI is InChI=1S/C12H9Cl2NO2S/c13-9-3-1-7(5-10(9)14)12-15-8(6-18-12)2-4-11(16)17/h1,3,5-6H,2,4H2,(H,16,17). The largest absolute Gasteiger partial charge is 0.481 e. The summed E-state index contributed by atoms with van der Waals surface area (Å²) in [7, 11) is 0. The van der Waals surface area contributed by atoms with Crippen molar-refractivity contribution in [3.8, 4) is 10.6 Å². The maximum atomic E-state index is 10.5. The molecule has 0 saturated carbocycles. The molecular formula is C12H9Cl2NO2S. The summed E-state index contributed by atoms with van der Waals surface area (Å²) < 4.78 is 0. The van der Waals surface area contributed by atoms with Crippen LogP contribution in [0.3, 0.4) is 0 Å². The normalized spacial score (nSPS) is 10.6. The summed E-state index contributed by atoms with van der Waals surface area (Å²) in [6.07, 6.45) is 0.525. The first-order valence-corrected chi connectivity index (χ1v) is 6.81. The van der Waals surface area contributed by atoms with Gasteiger partial charge < -0.3 is 5.11 Å². The molecule has 2 aromatic rings. The monoisotopic (exact) mass is 301 g/mol. The number of carboxylic acids is 1. The number of carbonyl (C=O) groups is 1. The van der Waals surface area contributed by atoms with Gasteiger partial charge in [-0.05, 0) is 12.1 Å². The van der Waals surface area contributed by atoms with Crippen molar-refractivity contribution in [1.29, 1.82) is 0 Å². The number of halogens is 2. The van der Waals surface area contributed by atoms with Crippen LogP contribution in [0, 0.1) is 0 Å². The molecule has 2 rings (SSSR count). The van der Waals surface area contributed by atoms with Crippen LogP contribution >= 0.6 is 34.5 Å². The minimum atomic E-state index is -0.820. The van der Waals surface area contributed by atoms with Crippen LogP contribution in [0.5, 0.6) is 0 Å². The second-order valence-electron chi connectivity index (χ2n) is 3.67. The van der Waals surface area contributed by atoms with E-state index in [1.54, 1.807) is 12.1 Å². The molecule has 0 radical (unpaired) electrons. The molecule has 6 heteroatoms. The lowest BCUT2D eigenvalue weighted by Gasteiger charge is -1.99. The van der Waals surface area contributed by atoms with E-state index in [4.69, 9.17) is 28.3 Å². The average molecular weight is 302 g/mol. The number of aryl methyl sites for hydroxylation is 1. The Bertz CT molecular complexity index is 583. The predicted molar refractivity (Wildman–Crippen MR) is 73.5 cm³/mol. The lowest BCUT2D eigenvalue weighted by atomic mass is 10.2. The van der Waals surface area contributed by atoms with Crippen molar-refractivity contribution in [3.63, 3.8) is 0 Å². The van der Waals surface area contributed by atoms with Gasteiger partial charge in [0.25, 0.3) is 0 Å². The Balaban J connectivity index is 2.18. The van der Waals surface area contributed by atoms with Crippen LogP contribution in [0.2, 0.25) is 10.0 Å². The Kier molecular flexibility index (Phi) is 4.22. The fourth-order valence-electron chi connectivity index (χ4n) is 1.42. The molecule has 0 saturated heterocycles. The maximum Gasteiger partial charge on any atom is 0.303 e. The molecule has 18 heavy (non-hydrogen) atoms. The number of hydrogen-bond acceptors (Lipinski definition) is 3. The van der Waals surface area contributed by atoms with Crippen LogP contribution < -0.4 is 0 Å². The Hall–Kier alpha value is -1.10. The quantitative estimate of drug-likeness (QED) is 0.923. The van der Waals surface area contributed by atoms with Gasteiger partial charge in [0.1, 0.15) is 5.01 Å². The fraction of sp³-hybridized carbons (Fsp3) is 0.167. The van der Waals surface area contributed by atoms with E-state index in [2.05, 4.69) is 4.98 Å². The Labute approximate surface area is 118 Å². The second-order valence-corrected chi connectivity index (χ2v) is 5.34. The average Bonchev–Trinajstić information content (AvgIpc) is 2.79. The molecule has 0 atom stereocenters. The van der Waals surface area contributed by atoms with Crippen LogP contribution in [0.4, 0.5) is 0 Å². The lowest BCUT2D eigenvalue weighted by molar-refractivity contribution is -0.136. The summed E-state index contributed by atoms with van der Waals surface area (Å²) in [5.74, 6) is -0.820. The number of thiazole rings is 1. The Morgan fingerprint density at radius 1 is 1.33 bits per heavy atom. The fourth-order valence-corrected chi connectivity index (χ4v) is 2.57. The number of benzene rings is 1. The Morgan fingerprint density at radius 2 is 2.11 bits per heavy atom. The molecule has 0 aliphatic rings. The zero-order valence-corrected chi connectivity index (χ0v) is 11.5. The van der Waals surface area contributed by atoms with Gasteiger partial charge in [-0.2, -0.15) is 0 Å². The molecule has 1 aromatic heterocycles. The highest BCUT2D eigenvalue weighted by atomic mass is 35.5. The number of nitrogens with zero attached hydrogens (tertiary/aromatic N) is 1. The highest BCUT2D eigenvalue weighted by molar-refractivity contribution is 7.13. The number of rotatable bonds is 4. The van der Waals surface area contributed by atoms with Gasteiger partial charge in [-0.15, -0.1) is 11.3 Å². The second kappa shape index (κ2) is 5.69. The third-order valence-corrected chi connectivity index (χ3v) is 3.99. The van der Waals surface area contributed by atoms with Gasteiger partial charge >= 0.3 is 5.97 Å². The van der Waals surface area contributed by atoms with E-state index < -0.39 is 5.97 Å². The maximum absolute atomic E-state index is 10.5. The molecule has 0 amide bonds. The first kappa shape index (κ1) is 13.3. The van der Waals surface area contributed by atoms with Crippen LogP contribution in [-0.2, 0) is 11.2 Å². The van der Waals surface area contributed by atoms with Gasteiger partial charge in [0.15, 0.2) is 0 Å². The molecule has 1 N–H and O–H groups in total. The highest BCUT2D eigenvalue weighted by Crippen LogP contribution is 2.30. The van der Waals surface area contributed by atoms with Crippen LogP contribution in [0.15, 0.2) is 23.6 Å². The van der Waals surface area contributed by atoms with Crippen LogP contribution in [-0.4, -0.2) is 16.1 Å². The van der Waals surface area contributed by atoms with E-state index >= 15 is 0 Å². The molecular weight excluding hydrogens is 293 g/mol. The van der Waals surface area contributed by atoms with E-state index in [0.29, 0.717) is 16.5 Å². The van der Waals surface area contributed by atoms with Crippen molar-refractivity contribution in [1.82, 2.24) is 4.98 Å². The third kappa shape index (κ3) is 3.22. The first-order chi connectivity index (χ1) is 8.56. The molecule has 0 bridgehead atoms. The number of aromatic nitrogens is 1. The van der Waals surface area contributed by atoms with Gasteiger partial charge in [-0.25, -0.2) is 4.98 Å². The minimum absolute atomic E-state index is 0.0878. The topological polar surface area (TPSA) is 50.2 Å². The highest BCUT2D eigenvalue weighted by Gasteiger charge is 2.08. The van der Waals surface area contributed by atoms with Gasteiger partial charge in [0, 0.05) is 17.4 Å². The molecule has 3 nitrogen and oxygen atoms in total. The minimum Gasteiger partial charge on any atom is -0.481 e. The molecule has 0 aliphatic heterocycles. The zero-order valence-electron chi connectivity index (χ0n) is 9.19. The first-order valence-electron chi connectivity index (χ1n) is 5.18. The number of carboxylic acid groups (broad SMARTS) is 1. The van der Waals surface area contributed by atoms with E-state index in [-0.39, 0.29) is 6.42 Å². The van der Waals surface area contributed by atoms with Crippen molar-refractivity contribution in [2.75, 3.05) is 0 Å². The smallest absolute Gasteiger partial charge is 0.303 e. The van der Waals surface area contributed by atoms with Gasteiger partial charge in [-0.3, -0.25) is 4.79 Å². The predicted octanol–water partition coefficient (Wildman–Crippen LogP) is 4.13. The molecule has 0 fully saturated rings. The molecule has 1 heterocycles. The molecule has 0 spiro atoms. The zero-order chi connectivity index (χ0) is 13.1.